The molecular formula is C23H22NNaO5P+. The predicted octanol–water partition coefficient (Wildman–Crippen LogP) is 0.609. The van der Waals surface area contributed by atoms with Gasteiger partial charge in [-0.15, -0.1) is 0 Å². The van der Waals surface area contributed by atoms with Crippen LogP contribution in [-0.4, -0.2) is 23.0 Å². The van der Waals surface area contributed by atoms with E-state index in [4.69, 9.17) is 0 Å². The molecule has 6 nitrogen and oxygen atoms in total. The van der Waals surface area contributed by atoms with Crippen molar-refractivity contribution in [3.05, 3.63) is 60.2 Å². The largest absolute Gasteiger partial charge is 1.00 e. The molecular weight excluding hydrogens is 424 g/mol. The first-order valence-corrected chi connectivity index (χ1v) is 11.0. The molecule has 31 heavy (non-hydrogen) atoms. The van der Waals surface area contributed by atoms with Crippen molar-refractivity contribution in [1.29, 1.82) is 0 Å². The third kappa shape index (κ3) is 3.56. The fraction of sp³-hybridized carbons (Fsp3) is 0.304. The summed E-state index contributed by atoms with van der Waals surface area (Å²) in [5.74, 6) is -1.95. The number of carbonyl (C=O) groups excluding carboxylic acids is 4. The van der Waals surface area contributed by atoms with E-state index in [9.17, 15) is 23.7 Å². The Hall–Kier alpha value is -1.98. The summed E-state index contributed by atoms with van der Waals surface area (Å²) < 4.78 is 12.5. The Morgan fingerprint density at radius 3 is 2.19 bits per heavy atom. The standard InChI is InChI=1S/C23H20NO5P.Na.H/c1-22(2)17-12-13-23(22,19(26)18(17)25)21(28)24-15-10-8-14(9-11-15)20(27)30(29)16-6-4-3-5-7-16;;/h3-11,17H,12-13H2,1-2H3;;/q;+1;-1/p+1. The summed E-state index contributed by atoms with van der Waals surface area (Å²) in [4.78, 5) is 50.4. The quantitative estimate of drug-likeness (QED) is 0.314. The summed E-state index contributed by atoms with van der Waals surface area (Å²) in [6.45, 7) is 3.60. The van der Waals surface area contributed by atoms with Crippen molar-refractivity contribution < 1.29 is 54.7 Å². The summed E-state index contributed by atoms with van der Waals surface area (Å²) in [6, 6.07) is 14.6. The van der Waals surface area contributed by atoms with Gasteiger partial charge in [0, 0.05) is 11.6 Å². The Morgan fingerprint density at radius 2 is 1.65 bits per heavy atom. The maximum Gasteiger partial charge on any atom is 1.00 e. The van der Waals surface area contributed by atoms with E-state index in [0.29, 0.717) is 23.8 Å². The zero-order valence-corrected chi connectivity index (χ0v) is 20.6. The normalized spacial score (nSPS) is 23.8. The molecule has 0 aromatic heterocycles. The molecule has 0 spiro atoms. The van der Waals surface area contributed by atoms with E-state index in [1.165, 1.54) is 24.3 Å². The maximum absolute atomic E-state index is 13.1. The fourth-order valence-electron chi connectivity index (χ4n) is 4.82. The molecule has 2 fully saturated rings. The zero-order chi connectivity index (χ0) is 21.7. The number of ketones is 2. The van der Waals surface area contributed by atoms with Gasteiger partial charge in [0.25, 0.3) is 0 Å². The van der Waals surface area contributed by atoms with Gasteiger partial charge in [-0.1, -0.05) is 36.6 Å². The van der Waals surface area contributed by atoms with E-state index in [-0.39, 0.29) is 36.5 Å². The van der Waals surface area contributed by atoms with Crippen LogP contribution in [0.4, 0.5) is 5.69 Å². The molecule has 4 rings (SSSR count). The number of benzene rings is 2. The number of carbonyl (C=O) groups is 4. The van der Waals surface area contributed by atoms with Gasteiger partial charge in [0.2, 0.25) is 17.5 Å². The number of amides is 1. The Balaban J connectivity index is 0.00000181. The average Bonchev–Trinajstić information content (AvgIpc) is 3.10. The second-order valence-corrected chi connectivity index (χ2v) is 9.89. The van der Waals surface area contributed by atoms with Gasteiger partial charge in [-0.05, 0) is 54.7 Å². The van der Waals surface area contributed by atoms with Crippen molar-refractivity contribution >= 4 is 41.8 Å². The van der Waals surface area contributed by atoms with Crippen LogP contribution < -0.4 is 40.2 Å². The van der Waals surface area contributed by atoms with Gasteiger partial charge < -0.3 is 6.74 Å². The van der Waals surface area contributed by atoms with E-state index < -0.39 is 47.5 Å². The molecule has 1 N–H and O–H groups in total. The van der Waals surface area contributed by atoms with Gasteiger partial charge in [0.15, 0.2) is 5.30 Å². The minimum absolute atomic E-state index is 0. The minimum atomic E-state index is -2.23. The average molecular weight is 446 g/mol. The van der Waals surface area contributed by atoms with Crippen LogP contribution in [0.25, 0.3) is 0 Å². The molecule has 0 saturated heterocycles. The molecule has 1 amide bonds. The molecule has 8 heteroatoms. The van der Waals surface area contributed by atoms with Crippen molar-refractivity contribution in [3.8, 4) is 0 Å². The van der Waals surface area contributed by atoms with Crippen LogP contribution in [0.15, 0.2) is 54.6 Å². The van der Waals surface area contributed by atoms with Crippen LogP contribution in [0.1, 0.15) is 38.5 Å². The molecule has 2 bridgehead atoms. The number of hydrogen-bond donors (Lipinski definition) is 1. The van der Waals surface area contributed by atoms with Crippen LogP contribution in [-0.2, 0) is 18.9 Å². The molecule has 2 aromatic carbocycles. The van der Waals surface area contributed by atoms with Crippen molar-refractivity contribution in [3.63, 3.8) is 0 Å². The molecule has 0 aliphatic heterocycles. The Bertz CT molecular complexity index is 1100. The van der Waals surface area contributed by atoms with Crippen molar-refractivity contribution in [2.45, 2.75) is 26.7 Å². The number of anilines is 1. The van der Waals surface area contributed by atoms with Gasteiger partial charge in [0.1, 0.15) is 5.41 Å². The second-order valence-electron chi connectivity index (χ2n) is 8.38. The molecule has 3 atom stereocenters. The third-order valence-corrected chi connectivity index (χ3v) is 8.05. The van der Waals surface area contributed by atoms with E-state index in [1.807, 2.05) is 0 Å². The molecule has 0 heterocycles. The first kappa shape index (κ1) is 23.7. The Morgan fingerprint density at radius 1 is 1.03 bits per heavy atom. The smallest absolute Gasteiger partial charge is 1.00 e. The minimum Gasteiger partial charge on any atom is -1.00 e. The predicted molar refractivity (Wildman–Crippen MR) is 113 cm³/mol. The van der Waals surface area contributed by atoms with Crippen LogP contribution >= 0.6 is 7.80 Å². The van der Waals surface area contributed by atoms with Gasteiger partial charge in [-0.2, -0.15) is 0 Å². The third-order valence-electron chi connectivity index (χ3n) is 6.66. The van der Waals surface area contributed by atoms with Crippen LogP contribution in [0.3, 0.4) is 0 Å². The van der Waals surface area contributed by atoms with Crippen LogP contribution in [0.5, 0.6) is 0 Å². The van der Waals surface area contributed by atoms with E-state index in [0.717, 1.165) is 0 Å². The van der Waals surface area contributed by atoms with E-state index in [2.05, 4.69) is 5.32 Å². The SMILES string of the molecule is CC1(C)C2CCC1(C(=O)Nc1ccc(C(=O)[P+](=O)c3ccccc3)cc1)C(=O)C2=O.[H-].[Na+]. The molecule has 3 unspecified atom stereocenters. The number of rotatable bonds is 5. The van der Waals surface area contributed by atoms with E-state index in [1.54, 1.807) is 44.2 Å². The van der Waals surface area contributed by atoms with Gasteiger partial charge in [-0.25, -0.2) is 4.79 Å². The zero-order valence-electron chi connectivity index (χ0n) is 18.7. The van der Waals surface area contributed by atoms with Gasteiger partial charge in [-0.3, -0.25) is 14.4 Å². The number of fused-ring (bicyclic) bond motifs is 2. The van der Waals surface area contributed by atoms with Crippen molar-refractivity contribution in [2.75, 3.05) is 5.32 Å². The number of nitrogens with one attached hydrogen (secondary N) is 1. The van der Waals surface area contributed by atoms with Crippen molar-refractivity contribution in [2.24, 2.45) is 16.7 Å². The van der Waals surface area contributed by atoms with Gasteiger partial charge in [0.05, 0.1) is 5.56 Å². The second kappa shape index (κ2) is 8.51. The fourth-order valence-corrected chi connectivity index (χ4v) is 5.88. The van der Waals surface area contributed by atoms with Crippen molar-refractivity contribution in [1.82, 2.24) is 0 Å². The monoisotopic (exact) mass is 446 g/mol. The number of hydrogen-bond acceptors (Lipinski definition) is 5. The summed E-state index contributed by atoms with van der Waals surface area (Å²) in [5.41, 5.74) is -1.89. The molecule has 2 aromatic rings. The van der Waals surface area contributed by atoms with Crippen LogP contribution in [0.2, 0.25) is 0 Å². The molecule has 2 saturated carbocycles. The first-order valence-electron chi connectivity index (χ1n) is 9.77. The summed E-state index contributed by atoms with van der Waals surface area (Å²) in [5, 5.41) is 3.19. The summed E-state index contributed by atoms with van der Waals surface area (Å²) >= 11 is 0. The topological polar surface area (TPSA) is 97.4 Å². The molecule has 0 radical (unpaired) electrons. The maximum atomic E-state index is 13.1. The molecule has 2 aliphatic rings. The summed E-state index contributed by atoms with van der Waals surface area (Å²) in [7, 11) is -2.23. The van der Waals surface area contributed by atoms with Gasteiger partial charge >= 0.3 is 42.9 Å². The number of Topliss-reactive ketones (excluding diaryl/α,β-unsaturated/α-hetero) is 2. The summed E-state index contributed by atoms with van der Waals surface area (Å²) in [6.07, 6.45) is 0.889. The first-order chi connectivity index (χ1) is 14.2. The Labute approximate surface area is 204 Å². The van der Waals surface area contributed by atoms with E-state index >= 15 is 0 Å². The molecule has 2 aliphatic carbocycles. The molecule has 154 valence electrons. The van der Waals surface area contributed by atoms with Crippen LogP contribution in [0, 0.1) is 16.7 Å². The Kier molecular flexibility index (Phi) is 6.50.